The standard InChI is InChI=1S/C9H17NO5S/c1-4-5-10-7(11)6-16(14,15)9(2,3)8(12)13/h4-6H2,1-3H3,(H,10,11)(H,12,13). The van der Waals surface area contributed by atoms with E-state index in [1.54, 1.807) is 0 Å². The molecule has 0 bridgehead atoms. The lowest BCUT2D eigenvalue weighted by Gasteiger charge is -2.19. The van der Waals surface area contributed by atoms with Gasteiger partial charge < -0.3 is 10.4 Å². The van der Waals surface area contributed by atoms with Crippen molar-refractivity contribution in [3.63, 3.8) is 0 Å². The highest BCUT2D eigenvalue weighted by Gasteiger charge is 2.42. The lowest BCUT2D eigenvalue weighted by molar-refractivity contribution is -0.139. The summed E-state index contributed by atoms with van der Waals surface area (Å²) in [6, 6.07) is 0. The molecule has 6 nitrogen and oxygen atoms in total. The predicted molar refractivity (Wildman–Crippen MR) is 58.8 cm³/mol. The van der Waals surface area contributed by atoms with Crippen LogP contribution in [0, 0.1) is 0 Å². The number of nitrogens with one attached hydrogen (secondary N) is 1. The van der Waals surface area contributed by atoms with Crippen LogP contribution in [0.5, 0.6) is 0 Å². The molecule has 0 heterocycles. The van der Waals surface area contributed by atoms with E-state index >= 15 is 0 Å². The van der Waals surface area contributed by atoms with E-state index in [0.29, 0.717) is 13.0 Å². The number of sulfone groups is 1. The Balaban J connectivity index is 4.71. The Kier molecular flexibility index (Phi) is 4.92. The van der Waals surface area contributed by atoms with Gasteiger partial charge in [0.1, 0.15) is 5.75 Å². The largest absolute Gasteiger partial charge is 0.480 e. The van der Waals surface area contributed by atoms with Crippen LogP contribution < -0.4 is 5.32 Å². The summed E-state index contributed by atoms with van der Waals surface area (Å²) in [4.78, 5) is 22.0. The van der Waals surface area contributed by atoms with Crippen molar-refractivity contribution in [1.82, 2.24) is 5.32 Å². The Morgan fingerprint density at radius 2 is 1.81 bits per heavy atom. The molecule has 0 rings (SSSR count). The van der Waals surface area contributed by atoms with E-state index < -0.39 is 32.2 Å². The first-order valence-corrected chi connectivity index (χ1v) is 6.52. The first kappa shape index (κ1) is 14.9. The Labute approximate surface area is 95.0 Å². The van der Waals surface area contributed by atoms with Crippen molar-refractivity contribution >= 4 is 21.7 Å². The number of carboxylic acid groups (broad SMARTS) is 1. The van der Waals surface area contributed by atoms with E-state index in [1.807, 2.05) is 6.92 Å². The van der Waals surface area contributed by atoms with Crippen LogP contribution in [0.4, 0.5) is 0 Å². The summed E-state index contributed by atoms with van der Waals surface area (Å²) < 4.78 is 21.3. The molecule has 16 heavy (non-hydrogen) atoms. The van der Waals surface area contributed by atoms with Gasteiger partial charge in [0.15, 0.2) is 14.6 Å². The molecule has 0 atom stereocenters. The van der Waals surface area contributed by atoms with Gasteiger partial charge in [-0.05, 0) is 20.3 Å². The third-order valence-corrected chi connectivity index (χ3v) is 4.56. The number of hydrogen-bond donors (Lipinski definition) is 2. The molecule has 0 saturated heterocycles. The summed E-state index contributed by atoms with van der Waals surface area (Å²) in [5, 5.41) is 11.1. The average Bonchev–Trinajstić information content (AvgIpc) is 2.13. The van der Waals surface area contributed by atoms with Gasteiger partial charge >= 0.3 is 5.97 Å². The van der Waals surface area contributed by atoms with Crippen LogP contribution in [0.25, 0.3) is 0 Å². The molecule has 0 aliphatic heterocycles. The maximum absolute atomic E-state index is 11.6. The van der Waals surface area contributed by atoms with E-state index in [2.05, 4.69) is 5.32 Å². The molecule has 0 aliphatic rings. The second-order valence-corrected chi connectivity index (χ2v) is 6.46. The average molecular weight is 251 g/mol. The van der Waals surface area contributed by atoms with Gasteiger partial charge in [-0.15, -0.1) is 0 Å². The molecule has 0 radical (unpaired) electrons. The first-order chi connectivity index (χ1) is 7.15. The molecule has 0 fully saturated rings. The lowest BCUT2D eigenvalue weighted by atomic mass is 10.2. The Morgan fingerprint density at radius 1 is 1.31 bits per heavy atom. The topological polar surface area (TPSA) is 101 Å². The molecule has 7 heteroatoms. The van der Waals surface area contributed by atoms with Gasteiger partial charge in [0.25, 0.3) is 0 Å². The summed E-state index contributed by atoms with van der Waals surface area (Å²) >= 11 is 0. The smallest absolute Gasteiger partial charge is 0.324 e. The molecule has 94 valence electrons. The highest BCUT2D eigenvalue weighted by Crippen LogP contribution is 2.17. The van der Waals surface area contributed by atoms with Crippen molar-refractivity contribution in [1.29, 1.82) is 0 Å². The van der Waals surface area contributed by atoms with Crippen molar-refractivity contribution in [3.8, 4) is 0 Å². The molecule has 0 aromatic carbocycles. The third-order valence-electron chi connectivity index (χ3n) is 2.19. The third kappa shape index (κ3) is 3.48. The number of carboxylic acids is 1. The monoisotopic (exact) mass is 251 g/mol. The number of hydrogen-bond acceptors (Lipinski definition) is 4. The zero-order valence-corrected chi connectivity index (χ0v) is 10.4. The van der Waals surface area contributed by atoms with Gasteiger partial charge in [-0.25, -0.2) is 8.42 Å². The molecule has 1 amide bonds. The molecule has 0 aromatic rings. The Morgan fingerprint density at radius 3 is 2.19 bits per heavy atom. The zero-order valence-electron chi connectivity index (χ0n) is 9.61. The highest BCUT2D eigenvalue weighted by molar-refractivity contribution is 7.94. The van der Waals surface area contributed by atoms with E-state index in [1.165, 1.54) is 0 Å². The zero-order chi connectivity index (χ0) is 13.0. The summed E-state index contributed by atoms with van der Waals surface area (Å²) in [5.41, 5.74) is 0. The van der Waals surface area contributed by atoms with E-state index in [0.717, 1.165) is 13.8 Å². The quantitative estimate of drug-likeness (QED) is 0.680. The van der Waals surface area contributed by atoms with E-state index in [-0.39, 0.29) is 0 Å². The number of rotatable bonds is 6. The van der Waals surface area contributed by atoms with Crippen LogP contribution in [0.1, 0.15) is 27.2 Å². The van der Waals surface area contributed by atoms with Crippen LogP contribution in [0.15, 0.2) is 0 Å². The van der Waals surface area contributed by atoms with Gasteiger partial charge in [-0.2, -0.15) is 0 Å². The highest BCUT2D eigenvalue weighted by atomic mass is 32.2. The fraction of sp³-hybridized carbons (Fsp3) is 0.778. The van der Waals surface area contributed by atoms with Gasteiger partial charge in [0, 0.05) is 6.54 Å². The predicted octanol–water partition coefficient (Wildman–Crippen LogP) is -0.209. The normalized spacial score (nSPS) is 12.2. The fourth-order valence-corrected chi connectivity index (χ4v) is 1.88. The molecule has 0 unspecified atom stereocenters. The van der Waals surface area contributed by atoms with Gasteiger partial charge in [-0.3, -0.25) is 9.59 Å². The maximum atomic E-state index is 11.6. The molecule has 0 aromatic heterocycles. The second-order valence-electron chi connectivity index (χ2n) is 3.92. The number of carbonyl (C=O) groups is 2. The number of carbonyl (C=O) groups excluding carboxylic acids is 1. The summed E-state index contributed by atoms with van der Waals surface area (Å²) in [5.74, 6) is -2.93. The SMILES string of the molecule is CCCNC(=O)CS(=O)(=O)C(C)(C)C(=O)O. The summed E-state index contributed by atoms with van der Waals surface area (Å²) in [7, 11) is -4.00. The molecule has 0 saturated carbocycles. The van der Waals surface area contributed by atoms with Crippen LogP contribution >= 0.6 is 0 Å². The van der Waals surface area contributed by atoms with Crippen LogP contribution in [-0.4, -0.2) is 42.4 Å². The molecular formula is C9H17NO5S. The lowest BCUT2D eigenvalue weighted by Crippen LogP contribution is -2.45. The molecular weight excluding hydrogens is 234 g/mol. The minimum atomic E-state index is -4.00. The first-order valence-electron chi connectivity index (χ1n) is 4.87. The summed E-state index contributed by atoms with van der Waals surface area (Å²) in [6.07, 6.45) is 0.689. The second kappa shape index (κ2) is 5.29. The van der Waals surface area contributed by atoms with Gasteiger partial charge in [0.05, 0.1) is 0 Å². The van der Waals surface area contributed by atoms with Gasteiger partial charge in [0.2, 0.25) is 5.91 Å². The van der Waals surface area contributed by atoms with Crippen LogP contribution in [0.2, 0.25) is 0 Å². The van der Waals surface area contributed by atoms with E-state index in [4.69, 9.17) is 5.11 Å². The van der Waals surface area contributed by atoms with Crippen molar-refractivity contribution in [2.24, 2.45) is 0 Å². The van der Waals surface area contributed by atoms with Crippen molar-refractivity contribution in [2.75, 3.05) is 12.3 Å². The van der Waals surface area contributed by atoms with Crippen molar-refractivity contribution < 1.29 is 23.1 Å². The molecule has 0 aliphatic carbocycles. The Bertz CT molecular complexity index is 371. The van der Waals surface area contributed by atoms with Crippen molar-refractivity contribution in [2.45, 2.75) is 31.9 Å². The van der Waals surface area contributed by atoms with Crippen molar-refractivity contribution in [3.05, 3.63) is 0 Å². The molecule has 2 N–H and O–H groups in total. The number of aliphatic carboxylic acids is 1. The maximum Gasteiger partial charge on any atom is 0.324 e. The van der Waals surface area contributed by atoms with Crippen LogP contribution in [0.3, 0.4) is 0 Å². The Hall–Kier alpha value is -1.11. The minimum Gasteiger partial charge on any atom is -0.480 e. The summed E-state index contributed by atoms with van der Waals surface area (Å²) in [6.45, 7) is 4.34. The number of amides is 1. The van der Waals surface area contributed by atoms with E-state index in [9.17, 15) is 18.0 Å². The van der Waals surface area contributed by atoms with Gasteiger partial charge in [-0.1, -0.05) is 6.92 Å². The van der Waals surface area contributed by atoms with Crippen LogP contribution in [-0.2, 0) is 19.4 Å². The molecule has 0 spiro atoms. The fourth-order valence-electron chi connectivity index (χ4n) is 0.801. The minimum absolute atomic E-state index is 0.377.